The molecule has 0 aliphatic heterocycles. The smallest absolute Gasteiger partial charge is 0.146 e. The summed E-state index contributed by atoms with van der Waals surface area (Å²) in [6.07, 6.45) is 4.61. The van der Waals surface area contributed by atoms with Gasteiger partial charge in [-0.25, -0.2) is 0 Å². The Labute approximate surface area is 121 Å². The van der Waals surface area contributed by atoms with Gasteiger partial charge in [-0.05, 0) is 51.5 Å². The molecule has 1 aromatic rings. The molecule has 1 aromatic heterocycles. The molecule has 0 saturated heterocycles. The Balaban J connectivity index is 2.13. The van der Waals surface area contributed by atoms with Crippen molar-refractivity contribution in [1.82, 2.24) is 9.78 Å². The molecule has 112 valence electrons. The molecule has 0 spiro atoms. The predicted octanol–water partition coefficient (Wildman–Crippen LogP) is 2.48. The number of ketones is 1. The Morgan fingerprint density at radius 2 is 2.15 bits per heavy atom. The Hall–Kier alpha value is -1.16. The fourth-order valence-corrected chi connectivity index (χ4v) is 3.28. The summed E-state index contributed by atoms with van der Waals surface area (Å²) in [5.74, 6) is 1.03. The molecule has 0 unspecified atom stereocenters. The molecule has 1 fully saturated rings. The molecule has 0 aromatic carbocycles. The summed E-state index contributed by atoms with van der Waals surface area (Å²) >= 11 is 0. The Bertz CT molecular complexity index is 470. The van der Waals surface area contributed by atoms with Gasteiger partial charge in [0.1, 0.15) is 5.78 Å². The maximum atomic E-state index is 12.8. The molecule has 0 radical (unpaired) electrons. The van der Waals surface area contributed by atoms with Crippen molar-refractivity contribution in [2.75, 3.05) is 6.54 Å². The van der Waals surface area contributed by atoms with Gasteiger partial charge < -0.3 is 5.73 Å². The summed E-state index contributed by atoms with van der Waals surface area (Å²) in [6, 6.07) is 2.02. The molecule has 0 bridgehead atoms. The van der Waals surface area contributed by atoms with Crippen molar-refractivity contribution in [1.29, 1.82) is 0 Å². The fraction of sp³-hybridized carbons (Fsp3) is 0.750. The van der Waals surface area contributed by atoms with Crippen LogP contribution >= 0.6 is 0 Å². The van der Waals surface area contributed by atoms with Crippen molar-refractivity contribution in [3.8, 4) is 0 Å². The number of nitrogens with two attached hydrogens (primary N) is 1. The van der Waals surface area contributed by atoms with Gasteiger partial charge in [0.05, 0.1) is 5.69 Å². The summed E-state index contributed by atoms with van der Waals surface area (Å²) in [6.45, 7) is 7.59. The first kappa shape index (κ1) is 15.2. The van der Waals surface area contributed by atoms with Gasteiger partial charge in [-0.2, -0.15) is 5.10 Å². The first-order chi connectivity index (χ1) is 9.50. The van der Waals surface area contributed by atoms with Gasteiger partial charge in [-0.15, -0.1) is 0 Å². The Kier molecular flexibility index (Phi) is 4.63. The Morgan fingerprint density at radius 3 is 2.70 bits per heavy atom. The van der Waals surface area contributed by atoms with Gasteiger partial charge >= 0.3 is 0 Å². The van der Waals surface area contributed by atoms with Crippen molar-refractivity contribution in [2.24, 2.45) is 17.1 Å². The van der Waals surface area contributed by atoms with E-state index in [9.17, 15) is 4.79 Å². The standard InChI is InChI=1S/C16H27N3O/c1-4-19-14(9-13(3)18-19)10-15(20)16(11-17)7-5-12(2)6-8-16/h9,12H,4-8,10-11,17H2,1-3H3. The highest BCUT2D eigenvalue weighted by Gasteiger charge is 2.39. The summed E-state index contributed by atoms with van der Waals surface area (Å²) in [4.78, 5) is 12.8. The second-order valence-corrected chi connectivity index (χ2v) is 6.36. The van der Waals surface area contributed by atoms with Crippen LogP contribution < -0.4 is 5.73 Å². The molecule has 2 N–H and O–H groups in total. The number of aromatic nitrogens is 2. The van der Waals surface area contributed by atoms with Gasteiger partial charge in [0.15, 0.2) is 0 Å². The van der Waals surface area contributed by atoms with Crippen molar-refractivity contribution in [2.45, 2.75) is 59.4 Å². The van der Waals surface area contributed by atoms with Crippen LogP contribution in [0.4, 0.5) is 0 Å². The summed E-state index contributed by atoms with van der Waals surface area (Å²) < 4.78 is 1.93. The topological polar surface area (TPSA) is 60.9 Å². The lowest BCUT2D eigenvalue weighted by Crippen LogP contribution is -2.42. The van der Waals surface area contributed by atoms with E-state index in [1.807, 2.05) is 17.7 Å². The van der Waals surface area contributed by atoms with Crippen LogP contribution in [0.25, 0.3) is 0 Å². The number of carbonyl (C=O) groups excluding carboxylic acids is 1. The first-order valence-corrected chi connectivity index (χ1v) is 7.77. The minimum Gasteiger partial charge on any atom is -0.329 e. The SMILES string of the molecule is CCn1nc(C)cc1CC(=O)C1(CN)CCC(C)CC1. The molecule has 0 atom stereocenters. The average Bonchev–Trinajstić information content (AvgIpc) is 2.80. The lowest BCUT2D eigenvalue weighted by Gasteiger charge is -2.37. The normalized spacial score (nSPS) is 26.7. The van der Waals surface area contributed by atoms with Crippen LogP contribution in [-0.2, 0) is 17.8 Å². The van der Waals surface area contributed by atoms with Crippen LogP contribution in [0.3, 0.4) is 0 Å². The maximum Gasteiger partial charge on any atom is 0.146 e. The van der Waals surface area contributed by atoms with Crippen molar-refractivity contribution < 1.29 is 4.79 Å². The zero-order chi connectivity index (χ0) is 14.8. The van der Waals surface area contributed by atoms with E-state index in [4.69, 9.17) is 5.73 Å². The number of nitrogens with zero attached hydrogens (tertiary/aromatic N) is 2. The highest BCUT2D eigenvalue weighted by Crippen LogP contribution is 2.39. The van der Waals surface area contributed by atoms with E-state index >= 15 is 0 Å². The van der Waals surface area contributed by atoms with E-state index < -0.39 is 0 Å². The third-order valence-electron chi connectivity index (χ3n) is 4.84. The quantitative estimate of drug-likeness (QED) is 0.899. The molecule has 0 amide bonds. The van der Waals surface area contributed by atoms with Crippen molar-refractivity contribution in [3.05, 3.63) is 17.5 Å². The molecule has 20 heavy (non-hydrogen) atoms. The van der Waals surface area contributed by atoms with Crippen LogP contribution in [0.5, 0.6) is 0 Å². The van der Waals surface area contributed by atoms with Crippen molar-refractivity contribution in [3.63, 3.8) is 0 Å². The monoisotopic (exact) mass is 277 g/mol. The first-order valence-electron chi connectivity index (χ1n) is 7.77. The second-order valence-electron chi connectivity index (χ2n) is 6.36. The fourth-order valence-electron chi connectivity index (χ4n) is 3.28. The van der Waals surface area contributed by atoms with Gasteiger partial charge in [-0.3, -0.25) is 9.48 Å². The van der Waals surface area contributed by atoms with Crippen molar-refractivity contribution >= 4 is 5.78 Å². The van der Waals surface area contributed by atoms with E-state index in [2.05, 4.69) is 18.9 Å². The lowest BCUT2D eigenvalue weighted by molar-refractivity contribution is -0.129. The van der Waals surface area contributed by atoms with Crippen LogP contribution in [0.1, 0.15) is 50.9 Å². The van der Waals surface area contributed by atoms with E-state index in [0.29, 0.717) is 18.7 Å². The zero-order valence-electron chi connectivity index (χ0n) is 13.0. The van der Waals surface area contributed by atoms with E-state index in [1.165, 1.54) is 0 Å². The van der Waals surface area contributed by atoms with Crippen LogP contribution in [-0.4, -0.2) is 22.1 Å². The molecule has 4 nitrogen and oxygen atoms in total. The maximum absolute atomic E-state index is 12.8. The lowest BCUT2D eigenvalue weighted by atomic mass is 9.67. The van der Waals surface area contributed by atoms with Gasteiger partial charge in [0.2, 0.25) is 0 Å². The predicted molar refractivity (Wildman–Crippen MR) is 80.5 cm³/mol. The average molecular weight is 277 g/mol. The van der Waals surface area contributed by atoms with E-state index in [-0.39, 0.29) is 5.41 Å². The van der Waals surface area contributed by atoms with E-state index in [0.717, 1.165) is 49.5 Å². The molecule has 2 rings (SSSR count). The highest BCUT2D eigenvalue weighted by atomic mass is 16.1. The van der Waals surface area contributed by atoms with Gasteiger partial charge in [-0.1, -0.05) is 6.92 Å². The van der Waals surface area contributed by atoms with Gasteiger partial charge in [0, 0.05) is 30.6 Å². The van der Waals surface area contributed by atoms with E-state index in [1.54, 1.807) is 0 Å². The zero-order valence-corrected chi connectivity index (χ0v) is 13.0. The largest absolute Gasteiger partial charge is 0.329 e. The highest BCUT2D eigenvalue weighted by molar-refractivity contribution is 5.87. The molecule has 1 saturated carbocycles. The number of aryl methyl sites for hydroxylation is 2. The summed E-state index contributed by atoms with van der Waals surface area (Å²) in [7, 11) is 0. The summed E-state index contributed by atoms with van der Waals surface area (Å²) in [5, 5.41) is 4.42. The van der Waals surface area contributed by atoms with Gasteiger partial charge in [0.25, 0.3) is 0 Å². The minimum absolute atomic E-state index is 0.288. The minimum atomic E-state index is -0.288. The number of rotatable bonds is 5. The van der Waals surface area contributed by atoms with Crippen LogP contribution in [0.15, 0.2) is 6.07 Å². The number of hydrogen-bond donors (Lipinski definition) is 1. The number of carbonyl (C=O) groups is 1. The number of Topliss-reactive ketones (excluding diaryl/α,β-unsaturated/α-hetero) is 1. The molecule has 1 aliphatic rings. The molecule has 4 heteroatoms. The van der Waals surface area contributed by atoms with Crippen LogP contribution in [0, 0.1) is 18.3 Å². The molecular formula is C16H27N3O. The third-order valence-corrected chi connectivity index (χ3v) is 4.84. The molecule has 1 aliphatic carbocycles. The second kappa shape index (κ2) is 6.08. The molecule has 1 heterocycles. The number of hydrogen-bond acceptors (Lipinski definition) is 3. The van der Waals surface area contributed by atoms with Crippen LogP contribution in [0.2, 0.25) is 0 Å². The summed E-state index contributed by atoms with van der Waals surface area (Å²) in [5.41, 5.74) is 7.69. The molecular weight excluding hydrogens is 250 g/mol. The third kappa shape index (κ3) is 2.95. The Morgan fingerprint density at radius 1 is 1.50 bits per heavy atom.